The first-order valence-electron chi connectivity index (χ1n) is 7.37. The topological polar surface area (TPSA) is 66.8 Å². The Balaban J connectivity index is 1.77. The lowest BCUT2D eigenvalue weighted by atomic mass is 9.48. The van der Waals surface area contributed by atoms with Gasteiger partial charge < -0.3 is 14.7 Å². The molecular weight excluding hydrogens is 258 g/mol. The molecule has 0 aromatic rings. The highest BCUT2D eigenvalue weighted by molar-refractivity contribution is 5.79. The molecule has 5 heteroatoms. The summed E-state index contributed by atoms with van der Waals surface area (Å²) in [6.45, 7) is 6.46. The van der Waals surface area contributed by atoms with Crippen molar-refractivity contribution in [3.05, 3.63) is 0 Å². The maximum Gasteiger partial charge on any atom is 0.410 e. The lowest BCUT2D eigenvalue weighted by Gasteiger charge is -2.61. The Morgan fingerprint density at radius 3 is 2.25 bits per heavy atom. The van der Waals surface area contributed by atoms with Gasteiger partial charge in [-0.15, -0.1) is 0 Å². The lowest BCUT2D eigenvalue weighted by Crippen LogP contribution is -2.67. The summed E-state index contributed by atoms with van der Waals surface area (Å²) >= 11 is 0. The fourth-order valence-electron chi connectivity index (χ4n) is 4.11. The second-order valence-corrected chi connectivity index (χ2v) is 7.91. The van der Waals surface area contributed by atoms with Crippen LogP contribution in [0.2, 0.25) is 0 Å². The molecule has 4 aliphatic rings. The normalized spacial score (nSPS) is 36.2. The SMILES string of the molecule is CC(C)(C)OC(=O)N1CC2(C(=O)O)CC(C3CC3)(C1)C2. The van der Waals surface area contributed by atoms with Crippen LogP contribution in [0.5, 0.6) is 0 Å². The highest BCUT2D eigenvalue weighted by atomic mass is 16.6. The maximum atomic E-state index is 12.2. The lowest BCUT2D eigenvalue weighted by molar-refractivity contribution is -0.187. The number of hydrogen-bond acceptors (Lipinski definition) is 3. The van der Waals surface area contributed by atoms with Crippen molar-refractivity contribution in [1.82, 2.24) is 4.90 Å². The molecule has 1 amide bonds. The highest BCUT2D eigenvalue weighted by Crippen LogP contribution is 2.67. The van der Waals surface area contributed by atoms with E-state index in [1.54, 1.807) is 4.90 Å². The first-order chi connectivity index (χ1) is 9.16. The number of fused-ring (bicyclic) bond motifs is 2. The average molecular weight is 281 g/mol. The summed E-state index contributed by atoms with van der Waals surface area (Å²) in [6, 6.07) is 0. The van der Waals surface area contributed by atoms with Crippen molar-refractivity contribution < 1.29 is 19.4 Å². The van der Waals surface area contributed by atoms with Gasteiger partial charge >= 0.3 is 12.1 Å². The van der Waals surface area contributed by atoms with E-state index < -0.39 is 17.0 Å². The number of piperidine rings is 2. The first kappa shape index (κ1) is 13.7. The van der Waals surface area contributed by atoms with Crippen LogP contribution in [0.1, 0.15) is 46.5 Å². The number of amides is 1. The van der Waals surface area contributed by atoms with E-state index in [0.717, 1.165) is 12.8 Å². The van der Waals surface area contributed by atoms with E-state index in [1.165, 1.54) is 12.8 Å². The molecule has 112 valence electrons. The zero-order valence-corrected chi connectivity index (χ0v) is 12.4. The molecule has 2 saturated heterocycles. The van der Waals surface area contributed by atoms with Gasteiger partial charge in [-0.2, -0.15) is 0 Å². The highest BCUT2D eigenvalue weighted by Gasteiger charge is 2.68. The van der Waals surface area contributed by atoms with Gasteiger partial charge in [0, 0.05) is 13.1 Å². The van der Waals surface area contributed by atoms with Crippen LogP contribution in [0.25, 0.3) is 0 Å². The van der Waals surface area contributed by atoms with Crippen LogP contribution in [0.4, 0.5) is 4.79 Å². The summed E-state index contributed by atoms with van der Waals surface area (Å²) in [7, 11) is 0. The molecule has 0 atom stereocenters. The predicted molar refractivity (Wildman–Crippen MR) is 72.3 cm³/mol. The van der Waals surface area contributed by atoms with Gasteiger partial charge in [0.05, 0.1) is 5.41 Å². The fraction of sp³-hybridized carbons (Fsp3) is 0.867. The predicted octanol–water partition coefficient (Wildman–Crippen LogP) is 2.50. The molecule has 2 aliphatic heterocycles. The molecule has 0 aromatic carbocycles. The molecule has 2 heterocycles. The second kappa shape index (κ2) is 3.89. The molecule has 0 spiro atoms. The van der Waals surface area contributed by atoms with Gasteiger partial charge in [-0.1, -0.05) is 0 Å². The Bertz CT molecular complexity index is 455. The largest absolute Gasteiger partial charge is 0.481 e. The van der Waals surface area contributed by atoms with Gasteiger partial charge in [0.1, 0.15) is 5.60 Å². The minimum Gasteiger partial charge on any atom is -0.481 e. The molecule has 0 aromatic heterocycles. The quantitative estimate of drug-likeness (QED) is 0.844. The van der Waals surface area contributed by atoms with Crippen LogP contribution in [-0.4, -0.2) is 40.8 Å². The van der Waals surface area contributed by atoms with E-state index in [9.17, 15) is 14.7 Å². The Morgan fingerprint density at radius 1 is 1.20 bits per heavy atom. The Hall–Kier alpha value is -1.26. The van der Waals surface area contributed by atoms with Crippen LogP contribution >= 0.6 is 0 Å². The summed E-state index contributed by atoms with van der Waals surface area (Å²) in [5, 5.41) is 9.51. The zero-order valence-electron chi connectivity index (χ0n) is 12.4. The first-order valence-corrected chi connectivity index (χ1v) is 7.37. The van der Waals surface area contributed by atoms with Crippen LogP contribution < -0.4 is 0 Å². The van der Waals surface area contributed by atoms with Crippen LogP contribution in [0, 0.1) is 16.7 Å². The third-order valence-corrected chi connectivity index (χ3v) is 4.93. The van der Waals surface area contributed by atoms with E-state index in [2.05, 4.69) is 0 Å². The molecule has 5 nitrogen and oxygen atoms in total. The second-order valence-electron chi connectivity index (χ2n) is 7.91. The van der Waals surface area contributed by atoms with E-state index in [4.69, 9.17) is 4.74 Å². The van der Waals surface area contributed by atoms with Crippen LogP contribution in [0.3, 0.4) is 0 Å². The molecule has 0 unspecified atom stereocenters. The number of carbonyl (C=O) groups is 2. The van der Waals surface area contributed by atoms with Gasteiger partial charge in [0.25, 0.3) is 0 Å². The Labute approximate surface area is 119 Å². The summed E-state index contributed by atoms with van der Waals surface area (Å²) in [5.41, 5.74) is -1.22. The molecule has 0 radical (unpaired) electrons. The van der Waals surface area contributed by atoms with Crippen molar-refractivity contribution in [2.45, 2.75) is 52.1 Å². The molecule has 20 heavy (non-hydrogen) atoms. The number of hydrogen-bond donors (Lipinski definition) is 1. The summed E-state index contributed by atoms with van der Waals surface area (Å²) in [5.74, 6) is -0.151. The van der Waals surface area contributed by atoms with Crippen LogP contribution in [-0.2, 0) is 9.53 Å². The average Bonchev–Trinajstić information content (AvgIpc) is 3.08. The van der Waals surface area contributed by atoms with Gasteiger partial charge in [-0.3, -0.25) is 4.79 Å². The van der Waals surface area contributed by atoms with E-state index >= 15 is 0 Å². The minimum absolute atomic E-state index is 0.0492. The van der Waals surface area contributed by atoms with Gasteiger partial charge in [0.2, 0.25) is 0 Å². The molecule has 4 rings (SSSR count). The molecule has 2 saturated carbocycles. The fourth-order valence-corrected chi connectivity index (χ4v) is 4.11. The van der Waals surface area contributed by atoms with Crippen molar-refractivity contribution in [3.8, 4) is 0 Å². The van der Waals surface area contributed by atoms with E-state index in [0.29, 0.717) is 19.0 Å². The van der Waals surface area contributed by atoms with E-state index in [1.807, 2.05) is 20.8 Å². The van der Waals surface area contributed by atoms with Crippen molar-refractivity contribution in [1.29, 1.82) is 0 Å². The van der Waals surface area contributed by atoms with Crippen molar-refractivity contribution >= 4 is 12.1 Å². The third-order valence-electron chi connectivity index (χ3n) is 4.93. The monoisotopic (exact) mass is 281 g/mol. The third kappa shape index (κ3) is 2.07. The van der Waals surface area contributed by atoms with Gasteiger partial charge in [-0.05, 0) is 57.8 Å². The van der Waals surface area contributed by atoms with Crippen molar-refractivity contribution in [3.63, 3.8) is 0 Å². The maximum absolute atomic E-state index is 12.2. The smallest absolute Gasteiger partial charge is 0.410 e. The van der Waals surface area contributed by atoms with Crippen LogP contribution in [0.15, 0.2) is 0 Å². The molecule has 2 aliphatic carbocycles. The molecule has 1 N–H and O–H groups in total. The summed E-state index contributed by atoms with van der Waals surface area (Å²) < 4.78 is 5.41. The number of ether oxygens (including phenoxy) is 1. The number of nitrogens with zero attached hydrogens (tertiary/aromatic N) is 1. The van der Waals surface area contributed by atoms with Gasteiger partial charge in [0.15, 0.2) is 0 Å². The standard InChI is InChI=1S/C15H23NO4/c1-13(2,3)20-12(19)16-8-14(10-4-5-10)6-15(7-14,9-16)11(17)18/h10H,4-9H2,1-3H3,(H,17,18). The number of aliphatic carboxylic acids is 1. The van der Waals surface area contributed by atoms with Gasteiger partial charge in [-0.25, -0.2) is 4.79 Å². The molecule has 4 fully saturated rings. The Kier molecular flexibility index (Phi) is 2.67. The van der Waals surface area contributed by atoms with Crippen molar-refractivity contribution in [2.24, 2.45) is 16.7 Å². The number of rotatable bonds is 2. The molecule has 2 bridgehead atoms. The Morgan fingerprint density at radius 2 is 1.80 bits per heavy atom. The minimum atomic E-state index is -0.762. The molecular formula is C15H23NO4. The van der Waals surface area contributed by atoms with Crippen molar-refractivity contribution in [2.75, 3.05) is 13.1 Å². The van der Waals surface area contributed by atoms with E-state index in [-0.39, 0.29) is 11.5 Å². The summed E-state index contributed by atoms with van der Waals surface area (Å²) in [4.78, 5) is 25.4. The number of carboxylic acid groups (broad SMARTS) is 1. The summed E-state index contributed by atoms with van der Waals surface area (Å²) in [6.07, 6.45) is 3.46. The number of carbonyl (C=O) groups excluding carboxylic acids is 1. The number of carboxylic acids is 1. The zero-order chi connectivity index (χ0) is 14.8.